The van der Waals surface area contributed by atoms with Gasteiger partial charge in [-0.05, 0) is 48.3 Å². The maximum Gasteiger partial charge on any atom is 0.225 e. The van der Waals surface area contributed by atoms with Crippen LogP contribution in [0.4, 0.5) is 5.95 Å². The number of hydrogen-bond donors (Lipinski definition) is 0. The molecule has 0 radical (unpaired) electrons. The van der Waals surface area contributed by atoms with Crippen molar-refractivity contribution in [1.82, 2.24) is 9.97 Å². The summed E-state index contributed by atoms with van der Waals surface area (Å²) in [5, 5.41) is 1.05. The van der Waals surface area contributed by atoms with Crippen LogP contribution in [0.3, 0.4) is 0 Å². The van der Waals surface area contributed by atoms with Crippen molar-refractivity contribution in [3.63, 3.8) is 0 Å². The number of nitrogens with zero attached hydrogens (tertiary/aromatic N) is 3. The molecule has 1 aromatic heterocycles. The summed E-state index contributed by atoms with van der Waals surface area (Å²) in [5.41, 5.74) is 0. The molecule has 3 nitrogen and oxygen atoms in total. The largest absolute Gasteiger partial charge is 0.338 e. The van der Waals surface area contributed by atoms with Crippen LogP contribution in [0, 0.1) is 3.57 Å². The van der Waals surface area contributed by atoms with Gasteiger partial charge in [-0.15, -0.1) is 0 Å². The summed E-state index contributed by atoms with van der Waals surface area (Å²) in [5.74, 6) is 0.895. The molecule has 1 atom stereocenters. The zero-order valence-electron chi connectivity index (χ0n) is 9.07. The molecule has 1 aliphatic rings. The van der Waals surface area contributed by atoms with E-state index in [-0.39, 0.29) is 0 Å². The van der Waals surface area contributed by atoms with Gasteiger partial charge in [-0.2, -0.15) is 0 Å². The fourth-order valence-electron chi connectivity index (χ4n) is 2.14. The van der Waals surface area contributed by atoms with E-state index in [2.05, 4.69) is 53.4 Å². The second-order valence-corrected chi connectivity index (χ2v) is 6.06. The summed E-state index contributed by atoms with van der Waals surface area (Å²) < 4.78 is 1.09. The highest BCUT2D eigenvalue weighted by atomic mass is 127. The number of anilines is 1. The molecule has 0 bridgehead atoms. The molecule has 1 unspecified atom stereocenters. The Bertz CT molecular complexity index is 329. The number of piperidine rings is 1. The van der Waals surface area contributed by atoms with Crippen LogP contribution in [0.15, 0.2) is 12.4 Å². The maximum atomic E-state index is 4.43. The average Bonchev–Trinajstić information content (AvgIpc) is 2.32. The zero-order valence-corrected chi connectivity index (χ0v) is 12.8. The Hall–Kier alpha value is 0.0900. The minimum atomic E-state index is 0.605. The van der Waals surface area contributed by atoms with Crippen LogP contribution >= 0.6 is 38.5 Å². The number of halogens is 2. The lowest BCUT2D eigenvalue weighted by Gasteiger charge is -2.35. The first-order valence-corrected chi connectivity index (χ1v) is 7.81. The number of alkyl halides is 1. The highest BCUT2D eigenvalue weighted by molar-refractivity contribution is 14.1. The SMILES string of the molecule is BrCCC1CCCCN1c1ncc(I)cn1. The van der Waals surface area contributed by atoms with E-state index in [1.807, 2.05) is 12.4 Å². The summed E-state index contributed by atoms with van der Waals surface area (Å²) in [6.07, 6.45) is 8.81. The highest BCUT2D eigenvalue weighted by Gasteiger charge is 2.23. The van der Waals surface area contributed by atoms with Crippen LogP contribution in [0.25, 0.3) is 0 Å². The second-order valence-electron chi connectivity index (χ2n) is 4.02. The van der Waals surface area contributed by atoms with Crippen molar-refractivity contribution in [2.75, 3.05) is 16.8 Å². The second kappa shape index (κ2) is 6.14. The predicted molar refractivity (Wildman–Crippen MR) is 78.1 cm³/mol. The maximum absolute atomic E-state index is 4.43. The van der Waals surface area contributed by atoms with Gasteiger partial charge in [0.05, 0.1) is 0 Å². The Labute approximate surface area is 118 Å². The van der Waals surface area contributed by atoms with Crippen LogP contribution in [0.1, 0.15) is 25.7 Å². The highest BCUT2D eigenvalue weighted by Crippen LogP contribution is 2.24. The molecular formula is C11H15BrIN3. The van der Waals surface area contributed by atoms with Gasteiger partial charge >= 0.3 is 0 Å². The molecule has 2 rings (SSSR count). The van der Waals surface area contributed by atoms with E-state index >= 15 is 0 Å². The molecule has 88 valence electrons. The predicted octanol–water partition coefficient (Wildman–Crippen LogP) is 3.23. The summed E-state index contributed by atoms with van der Waals surface area (Å²) in [4.78, 5) is 11.2. The molecule has 0 N–H and O–H groups in total. The van der Waals surface area contributed by atoms with Gasteiger partial charge < -0.3 is 4.90 Å². The molecule has 0 aliphatic carbocycles. The summed E-state index contributed by atoms with van der Waals surface area (Å²) in [7, 11) is 0. The lowest BCUT2D eigenvalue weighted by molar-refractivity contribution is 0.446. The van der Waals surface area contributed by atoms with Crippen LogP contribution in [0.5, 0.6) is 0 Å². The standard InChI is InChI=1S/C11H15BrIN3/c12-5-4-10-3-1-2-6-16(10)11-14-7-9(13)8-15-11/h7-8,10H,1-6H2. The van der Waals surface area contributed by atoms with Crippen molar-refractivity contribution in [2.45, 2.75) is 31.7 Å². The Morgan fingerprint density at radius 2 is 2.12 bits per heavy atom. The van der Waals surface area contributed by atoms with Gasteiger partial charge in [-0.3, -0.25) is 0 Å². The van der Waals surface area contributed by atoms with E-state index in [0.717, 1.165) is 21.4 Å². The summed E-state index contributed by atoms with van der Waals surface area (Å²) in [6, 6.07) is 0.605. The van der Waals surface area contributed by atoms with Crippen LogP contribution in [-0.4, -0.2) is 27.9 Å². The first-order valence-electron chi connectivity index (χ1n) is 5.61. The van der Waals surface area contributed by atoms with E-state index in [9.17, 15) is 0 Å². The molecule has 0 spiro atoms. The Kier molecular flexibility index (Phi) is 4.81. The Balaban J connectivity index is 2.13. The molecule has 1 aliphatic heterocycles. The third-order valence-electron chi connectivity index (χ3n) is 2.93. The molecule has 0 aromatic carbocycles. The van der Waals surface area contributed by atoms with Crippen LogP contribution < -0.4 is 4.90 Å². The lowest BCUT2D eigenvalue weighted by Crippen LogP contribution is -2.40. The number of rotatable bonds is 3. The number of hydrogen-bond acceptors (Lipinski definition) is 3. The van der Waals surface area contributed by atoms with Gasteiger partial charge in [0.15, 0.2) is 0 Å². The molecule has 16 heavy (non-hydrogen) atoms. The van der Waals surface area contributed by atoms with Crippen molar-refractivity contribution < 1.29 is 0 Å². The van der Waals surface area contributed by atoms with E-state index in [1.54, 1.807) is 0 Å². The van der Waals surface area contributed by atoms with E-state index in [0.29, 0.717) is 6.04 Å². The topological polar surface area (TPSA) is 29.0 Å². The Morgan fingerprint density at radius 1 is 1.38 bits per heavy atom. The van der Waals surface area contributed by atoms with Crippen LogP contribution in [0.2, 0.25) is 0 Å². The Morgan fingerprint density at radius 3 is 2.81 bits per heavy atom. The first kappa shape index (κ1) is 12.5. The monoisotopic (exact) mass is 395 g/mol. The smallest absolute Gasteiger partial charge is 0.225 e. The fourth-order valence-corrected chi connectivity index (χ4v) is 2.95. The fraction of sp³-hybridized carbons (Fsp3) is 0.636. The van der Waals surface area contributed by atoms with Crippen molar-refractivity contribution in [2.24, 2.45) is 0 Å². The summed E-state index contributed by atoms with van der Waals surface area (Å²) in [6.45, 7) is 1.10. The summed E-state index contributed by atoms with van der Waals surface area (Å²) >= 11 is 5.77. The molecule has 1 fully saturated rings. The molecule has 1 aromatic rings. The zero-order chi connectivity index (χ0) is 11.4. The van der Waals surface area contributed by atoms with Gasteiger partial charge in [-0.1, -0.05) is 15.9 Å². The molecule has 0 amide bonds. The molecule has 1 saturated heterocycles. The van der Waals surface area contributed by atoms with Gasteiger partial charge in [0.2, 0.25) is 5.95 Å². The van der Waals surface area contributed by atoms with E-state index < -0.39 is 0 Å². The number of aromatic nitrogens is 2. The van der Waals surface area contributed by atoms with Gasteiger partial charge in [0.25, 0.3) is 0 Å². The third kappa shape index (κ3) is 3.06. The minimum absolute atomic E-state index is 0.605. The molecular weight excluding hydrogens is 381 g/mol. The van der Waals surface area contributed by atoms with Gasteiger partial charge in [0, 0.05) is 33.9 Å². The molecule has 2 heterocycles. The van der Waals surface area contributed by atoms with Crippen molar-refractivity contribution >= 4 is 44.5 Å². The van der Waals surface area contributed by atoms with Crippen molar-refractivity contribution in [1.29, 1.82) is 0 Å². The van der Waals surface area contributed by atoms with Gasteiger partial charge in [-0.25, -0.2) is 9.97 Å². The average molecular weight is 396 g/mol. The first-order chi connectivity index (χ1) is 7.81. The third-order valence-corrected chi connectivity index (χ3v) is 3.95. The quantitative estimate of drug-likeness (QED) is 0.581. The van der Waals surface area contributed by atoms with E-state index in [1.165, 1.54) is 25.7 Å². The molecule has 0 saturated carbocycles. The van der Waals surface area contributed by atoms with Crippen molar-refractivity contribution in [3.05, 3.63) is 16.0 Å². The van der Waals surface area contributed by atoms with E-state index in [4.69, 9.17) is 0 Å². The molecule has 5 heteroatoms. The van der Waals surface area contributed by atoms with Crippen LogP contribution in [-0.2, 0) is 0 Å². The normalized spacial score (nSPS) is 21.1. The van der Waals surface area contributed by atoms with Crippen molar-refractivity contribution in [3.8, 4) is 0 Å². The van der Waals surface area contributed by atoms with Gasteiger partial charge in [0.1, 0.15) is 0 Å². The minimum Gasteiger partial charge on any atom is -0.338 e. The lowest BCUT2D eigenvalue weighted by atomic mass is 10.0.